The molecule has 3 heteroatoms. The van der Waals surface area contributed by atoms with E-state index in [0.29, 0.717) is 0 Å². The minimum absolute atomic E-state index is 0.110. The Morgan fingerprint density at radius 1 is 1.17 bits per heavy atom. The molecular formula is C15H32N2O. The second-order valence-electron chi connectivity index (χ2n) is 5.71. The molecule has 2 N–H and O–H groups in total. The van der Waals surface area contributed by atoms with Crippen molar-refractivity contribution in [3.63, 3.8) is 0 Å². The van der Waals surface area contributed by atoms with Crippen molar-refractivity contribution in [2.45, 2.75) is 57.9 Å². The van der Waals surface area contributed by atoms with E-state index in [-0.39, 0.29) is 5.54 Å². The van der Waals surface area contributed by atoms with Crippen LogP contribution in [0.1, 0.15) is 52.4 Å². The Balaban J connectivity index is 2.73. The summed E-state index contributed by atoms with van der Waals surface area (Å²) in [6, 6.07) is 0. The third kappa shape index (κ3) is 3.94. The Morgan fingerprint density at radius 2 is 1.72 bits per heavy atom. The molecule has 1 aliphatic rings. The number of hydrogen-bond acceptors (Lipinski definition) is 3. The number of hydrogen-bond donors (Lipinski definition) is 1. The standard InChI is InChI=1S/C15H32N2O/c1-4-6-10-17(11-7-5-2)15(12-16,13-18-3)14-8-9-14/h14H,4-13,16H2,1-3H3. The SMILES string of the molecule is CCCCN(CCCC)C(CN)(COC)C1CC1. The quantitative estimate of drug-likeness (QED) is 0.617. The fourth-order valence-electron chi connectivity index (χ4n) is 2.95. The van der Waals surface area contributed by atoms with Crippen LogP contribution in [0.4, 0.5) is 0 Å². The molecule has 0 aromatic heterocycles. The van der Waals surface area contributed by atoms with E-state index in [1.807, 2.05) is 7.11 Å². The molecule has 0 radical (unpaired) electrons. The van der Waals surface area contributed by atoms with Crippen molar-refractivity contribution in [3.05, 3.63) is 0 Å². The fourth-order valence-corrected chi connectivity index (χ4v) is 2.95. The average molecular weight is 256 g/mol. The maximum atomic E-state index is 6.16. The first kappa shape index (κ1) is 15.9. The summed E-state index contributed by atoms with van der Waals surface area (Å²) < 4.78 is 5.52. The van der Waals surface area contributed by atoms with E-state index >= 15 is 0 Å². The van der Waals surface area contributed by atoms with Gasteiger partial charge >= 0.3 is 0 Å². The van der Waals surface area contributed by atoms with Gasteiger partial charge in [0.15, 0.2) is 0 Å². The lowest BCUT2D eigenvalue weighted by atomic mass is 9.91. The van der Waals surface area contributed by atoms with Crippen molar-refractivity contribution in [2.24, 2.45) is 11.7 Å². The Morgan fingerprint density at radius 3 is 2.06 bits per heavy atom. The number of unbranched alkanes of at least 4 members (excludes halogenated alkanes) is 2. The lowest BCUT2D eigenvalue weighted by Gasteiger charge is -2.44. The molecule has 0 aromatic rings. The summed E-state index contributed by atoms with van der Waals surface area (Å²) in [5, 5.41) is 0. The van der Waals surface area contributed by atoms with Crippen molar-refractivity contribution in [1.82, 2.24) is 4.90 Å². The molecule has 1 fully saturated rings. The van der Waals surface area contributed by atoms with Gasteiger partial charge < -0.3 is 10.5 Å². The van der Waals surface area contributed by atoms with Crippen LogP contribution in [0.5, 0.6) is 0 Å². The van der Waals surface area contributed by atoms with Gasteiger partial charge in [0.1, 0.15) is 0 Å². The molecule has 0 aromatic carbocycles. The summed E-state index contributed by atoms with van der Waals surface area (Å²) in [5.74, 6) is 0.760. The Bertz CT molecular complexity index is 211. The second-order valence-corrected chi connectivity index (χ2v) is 5.71. The fraction of sp³-hybridized carbons (Fsp3) is 1.00. The van der Waals surface area contributed by atoms with E-state index in [2.05, 4.69) is 18.7 Å². The Kier molecular flexibility index (Phi) is 7.20. The molecule has 0 amide bonds. The zero-order valence-corrected chi connectivity index (χ0v) is 12.6. The van der Waals surface area contributed by atoms with Crippen LogP contribution in [0.2, 0.25) is 0 Å². The van der Waals surface area contributed by atoms with Crippen LogP contribution in [0.15, 0.2) is 0 Å². The predicted molar refractivity (Wildman–Crippen MR) is 77.8 cm³/mol. The van der Waals surface area contributed by atoms with Gasteiger partial charge in [0.2, 0.25) is 0 Å². The van der Waals surface area contributed by atoms with Crippen molar-refractivity contribution in [2.75, 3.05) is 33.4 Å². The highest BCUT2D eigenvalue weighted by atomic mass is 16.5. The zero-order valence-electron chi connectivity index (χ0n) is 12.6. The number of ether oxygens (including phenoxy) is 1. The molecule has 0 bridgehead atoms. The van der Waals surface area contributed by atoms with Crippen molar-refractivity contribution in [3.8, 4) is 0 Å². The topological polar surface area (TPSA) is 38.5 Å². The van der Waals surface area contributed by atoms with Gasteiger partial charge in [0.05, 0.1) is 12.1 Å². The van der Waals surface area contributed by atoms with Gasteiger partial charge in [-0.2, -0.15) is 0 Å². The molecule has 1 rings (SSSR count). The lowest BCUT2D eigenvalue weighted by molar-refractivity contribution is -0.00257. The summed E-state index contributed by atoms with van der Waals surface area (Å²) in [7, 11) is 1.81. The largest absolute Gasteiger partial charge is 0.383 e. The average Bonchev–Trinajstić information content (AvgIpc) is 3.21. The summed E-state index contributed by atoms with van der Waals surface area (Å²) in [5.41, 5.74) is 6.27. The first-order valence-electron chi connectivity index (χ1n) is 7.69. The summed E-state index contributed by atoms with van der Waals surface area (Å²) in [4.78, 5) is 2.64. The highest BCUT2D eigenvalue weighted by molar-refractivity contribution is 5.03. The van der Waals surface area contributed by atoms with E-state index in [1.54, 1.807) is 0 Å². The second kappa shape index (κ2) is 8.13. The molecule has 1 atom stereocenters. The minimum Gasteiger partial charge on any atom is -0.383 e. The van der Waals surface area contributed by atoms with Gasteiger partial charge in [-0.05, 0) is 44.7 Å². The molecule has 1 saturated carbocycles. The van der Waals surface area contributed by atoms with Crippen molar-refractivity contribution in [1.29, 1.82) is 0 Å². The Labute approximate surface area is 113 Å². The van der Waals surface area contributed by atoms with Crippen LogP contribution < -0.4 is 5.73 Å². The molecule has 1 aliphatic carbocycles. The molecule has 0 aliphatic heterocycles. The van der Waals surface area contributed by atoms with E-state index in [4.69, 9.17) is 10.5 Å². The molecule has 3 nitrogen and oxygen atoms in total. The third-order valence-electron chi connectivity index (χ3n) is 4.28. The van der Waals surface area contributed by atoms with Crippen LogP contribution in [0.25, 0.3) is 0 Å². The monoisotopic (exact) mass is 256 g/mol. The normalized spacial score (nSPS) is 19.2. The number of nitrogens with zero attached hydrogens (tertiary/aromatic N) is 1. The minimum atomic E-state index is 0.110. The first-order valence-corrected chi connectivity index (χ1v) is 7.69. The van der Waals surface area contributed by atoms with Crippen molar-refractivity contribution >= 4 is 0 Å². The van der Waals surface area contributed by atoms with Gasteiger partial charge in [-0.3, -0.25) is 4.90 Å². The Hall–Kier alpha value is -0.120. The van der Waals surface area contributed by atoms with Crippen LogP contribution in [-0.2, 0) is 4.74 Å². The van der Waals surface area contributed by atoms with Crippen LogP contribution in [-0.4, -0.2) is 43.8 Å². The van der Waals surface area contributed by atoms with Gasteiger partial charge in [0, 0.05) is 13.7 Å². The number of methoxy groups -OCH3 is 1. The van der Waals surface area contributed by atoms with Crippen LogP contribution in [0, 0.1) is 5.92 Å². The maximum Gasteiger partial charge on any atom is 0.0661 e. The van der Waals surface area contributed by atoms with E-state index in [1.165, 1.54) is 51.6 Å². The first-order chi connectivity index (χ1) is 8.75. The van der Waals surface area contributed by atoms with Crippen LogP contribution >= 0.6 is 0 Å². The smallest absolute Gasteiger partial charge is 0.0661 e. The molecule has 0 spiro atoms. The van der Waals surface area contributed by atoms with E-state index < -0.39 is 0 Å². The highest BCUT2D eigenvalue weighted by Gasteiger charge is 2.47. The van der Waals surface area contributed by atoms with Crippen molar-refractivity contribution < 1.29 is 4.74 Å². The van der Waals surface area contributed by atoms with E-state index in [9.17, 15) is 0 Å². The van der Waals surface area contributed by atoms with Crippen LogP contribution in [0.3, 0.4) is 0 Å². The van der Waals surface area contributed by atoms with Gasteiger partial charge in [-0.25, -0.2) is 0 Å². The summed E-state index contributed by atoms with van der Waals surface area (Å²) in [6.45, 7) is 8.40. The van der Waals surface area contributed by atoms with Gasteiger partial charge in [-0.15, -0.1) is 0 Å². The van der Waals surface area contributed by atoms with Gasteiger partial charge in [-0.1, -0.05) is 26.7 Å². The molecular weight excluding hydrogens is 224 g/mol. The molecule has 108 valence electrons. The maximum absolute atomic E-state index is 6.16. The van der Waals surface area contributed by atoms with Gasteiger partial charge in [0.25, 0.3) is 0 Å². The molecule has 18 heavy (non-hydrogen) atoms. The number of nitrogens with two attached hydrogens (primary N) is 1. The highest BCUT2D eigenvalue weighted by Crippen LogP contribution is 2.43. The molecule has 0 heterocycles. The van der Waals surface area contributed by atoms with E-state index in [0.717, 1.165) is 19.1 Å². The lowest BCUT2D eigenvalue weighted by Crippen LogP contribution is -2.59. The summed E-state index contributed by atoms with van der Waals surface area (Å²) in [6.07, 6.45) is 7.69. The molecule has 0 saturated heterocycles. The zero-order chi connectivity index (χ0) is 13.4. The summed E-state index contributed by atoms with van der Waals surface area (Å²) >= 11 is 0. The predicted octanol–water partition coefficient (Wildman–Crippen LogP) is 2.64. The molecule has 1 unspecified atom stereocenters. The third-order valence-corrected chi connectivity index (χ3v) is 4.28. The number of rotatable bonds is 11.